The van der Waals surface area contributed by atoms with Crippen molar-refractivity contribution in [3.05, 3.63) is 40.1 Å². The number of nitrogen functional groups attached to an aromatic ring is 1. The van der Waals surface area contributed by atoms with Gasteiger partial charge in [0.05, 0.1) is 18.7 Å². The molecule has 0 bridgehead atoms. The Hall–Kier alpha value is -2.41. The van der Waals surface area contributed by atoms with Gasteiger partial charge in [-0.15, -0.1) is 10.2 Å². The standard InChI is InChI=1S/C16H18N4O2S/c1-8-4-9(2)14-11(7-22-12(14)5-8)6-13(21)18-10(3)15-19-20-16(17)23-15/h4-5,7,10H,6H2,1-3H3,(H2,17,20)(H,18,21). The Kier molecular flexibility index (Phi) is 4.04. The SMILES string of the molecule is Cc1cc(C)c2c(CC(=O)NC(C)c3nnc(N)s3)coc2c1. The van der Waals surface area contributed by atoms with Gasteiger partial charge in [-0.2, -0.15) is 0 Å². The number of furan rings is 1. The number of aromatic nitrogens is 2. The van der Waals surface area contributed by atoms with E-state index in [1.165, 1.54) is 11.3 Å². The van der Waals surface area contributed by atoms with Crippen molar-refractivity contribution in [1.82, 2.24) is 15.5 Å². The van der Waals surface area contributed by atoms with Crippen LogP contribution in [0.5, 0.6) is 0 Å². The van der Waals surface area contributed by atoms with Crippen LogP contribution in [-0.2, 0) is 11.2 Å². The Morgan fingerprint density at radius 2 is 2.17 bits per heavy atom. The zero-order valence-corrected chi connectivity index (χ0v) is 14.0. The lowest BCUT2D eigenvalue weighted by Crippen LogP contribution is -2.28. The lowest BCUT2D eigenvalue weighted by Gasteiger charge is -2.10. The number of rotatable bonds is 4. The van der Waals surface area contributed by atoms with Crippen molar-refractivity contribution < 1.29 is 9.21 Å². The fraction of sp³-hybridized carbons (Fsp3) is 0.312. The molecule has 1 atom stereocenters. The summed E-state index contributed by atoms with van der Waals surface area (Å²) in [5.41, 5.74) is 9.52. The largest absolute Gasteiger partial charge is 0.464 e. The van der Waals surface area contributed by atoms with Crippen LogP contribution in [0.15, 0.2) is 22.8 Å². The predicted octanol–water partition coefficient (Wildman–Crippen LogP) is 2.90. The van der Waals surface area contributed by atoms with Crippen LogP contribution in [0.4, 0.5) is 5.13 Å². The molecule has 6 nitrogen and oxygen atoms in total. The predicted molar refractivity (Wildman–Crippen MR) is 90.3 cm³/mol. The summed E-state index contributed by atoms with van der Waals surface area (Å²) < 4.78 is 5.59. The molecule has 0 saturated heterocycles. The average molecular weight is 330 g/mol. The summed E-state index contributed by atoms with van der Waals surface area (Å²) in [6.45, 7) is 5.91. The molecule has 3 N–H and O–H groups in total. The van der Waals surface area contributed by atoms with Crippen LogP contribution in [0, 0.1) is 13.8 Å². The van der Waals surface area contributed by atoms with E-state index in [9.17, 15) is 4.79 Å². The zero-order chi connectivity index (χ0) is 16.6. The monoisotopic (exact) mass is 330 g/mol. The molecule has 2 aromatic heterocycles. The van der Waals surface area contributed by atoms with E-state index < -0.39 is 0 Å². The van der Waals surface area contributed by atoms with Gasteiger partial charge in [0.15, 0.2) is 0 Å². The first-order chi connectivity index (χ1) is 10.9. The molecule has 1 amide bonds. The Bertz CT molecular complexity index is 868. The van der Waals surface area contributed by atoms with E-state index in [0.29, 0.717) is 10.1 Å². The first-order valence-electron chi connectivity index (χ1n) is 7.29. The van der Waals surface area contributed by atoms with E-state index in [0.717, 1.165) is 27.7 Å². The van der Waals surface area contributed by atoms with E-state index in [1.807, 2.05) is 26.8 Å². The van der Waals surface area contributed by atoms with Crippen LogP contribution in [0.2, 0.25) is 0 Å². The van der Waals surface area contributed by atoms with Crippen LogP contribution >= 0.6 is 11.3 Å². The second-order valence-corrected chi connectivity index (χ2v) is 6.70. The van der Waals surface area contributed by atoms with Crippen LogP contribution in [0.25, 0.3) is 11.0 Å². The minimum atomic E-state index is -0.223. The smallest absolute Gasteiger partial charge is 0.225 e. The third kappa shape index (κ3) is 3.19. The molecule has 1 unspecified atom stereocenters. The average Bonchev–Trinajstić information content (AvgIpc) is 3.05. The number of carbonyl (C=O) groups excluding carboxylic acids is 1. The Morgan fingerprint density at radius 3 is 2.87 bits per heavy atom. The summed E-state index contributed by atoms with van der Waals surface area (Å²) in [6, 6.07) is 3.85. The molecule has 2 heterocycles. The van der Waals surface area contributed by atoms with Crippen molar-refractivity contribution in [2.24, 2.45) is 0 Å². The van der Waals surface area contributed by atoms with Crippen LogP contribution < -0.4 is 11.1 Å². The van der Waals surface area contributed by atoms with Crippen molar-refractivity contribution in [2.75, 3.05) is 5.73 Å². The number of anilines is 1. The van der Waals surface area contributed by atoms with Crippen molar-refractivity contribution in [2.45, 2.75) is 33.2 Å². The van der Waals surface area contributed by atoms with Crippen molar-refractivity contribution in [1.29, 1.82) is 0 Å². The number of carbonyl (C=O) groups is 1. The molecule has 0 aliphatic heterocycles. The van der Waals surface area contributed by atoms with Crippen LogP contribution in [0.1, 0.15) is 34.7 Å². The number of nitrogens with zero attached hydrogens (tertiary/aromatic N) is 2. The van der Waals surface area contributed by atoms with Crippen LogP contribution in [0.3, 0.4) is 0 Å². The van der Waals surface area contributed by atoms with Gasteiger partial charge in [-0.1, -0.05) is 17.4 Å². The van der Waals surface area contributed by atoms with E-state index in [2.05, 4.69) is 21.6 Å². The highest BCUT2D eigenvalue weighted by atomic mass is 32.1. The quantitative estimate of drug-likeness (QED) is 0.767. The molecular formula is C16H18N4O2S. The minimum Gasteiger partial charge on any atom is -0.464 e. The molecule has 3 aromatic rings. The molecule has 1 aromatic carbocycles. The Morgan fingerprint density at radius 1 is 1.39 bits per heavy atom. The highest BCUT2D eigenvalue weighted by molar-refractivity contribution is 7.15. The number of nitrogens with one attached hydrogen (secondary N) is 1. The van der Waals surface area contributed by atoms with E-state index in [-0.39, 0.29) is 18.4 Å². The second kappa shape index (κ2) is 6.00. The number of fused-ring (bicyclic) bond motifs is 1. The molecule has 0 fully saturated rings. The number of aryl methyl sites for hydroxylation is 2. The van der Waals surface area contributed by atoms with Gasteiger partial charge in [0.25, 0.3) is 0 Å². The maximum absolute atomic E-state index is 12.3. The summed E-state index contributed by atoms with van der Waals surface area (Å²) in [7, 11) is 0. The maximum atomic E-state index is 12.3. The maximum Gasteiger partial charge on any atom is 0.225 e. The Labute approximate surface area is 137 Å². The molecule has 3 rings (SSSR count). The number of amides is 1. The zero-order valence-electron chi connectivity index (χ0n) is 13.2. The van der Waals surface area contributed by atoms with Crippen molar-refractivity contribution in [3.63, 3.8) is 0 Å². The highest BCUT2D eigenvalue weighted by Gasteiger charge is 2.17. The summed E-state index contributed by atoms with van der Waals surface area (Å²) in [5, 5.41) is 12.7. The van der Waals surface area contributed by atoms with E-state index >= 15 is 0 Å². The molecule has 7 heteroatoms. The summed E-state index contributed by atoms with van der Waals surface area (Å²) in [5.74, 6) is -0.0889. The molecule has 0 saturated carbocycles. The normalized spacial score (nSPS) is 12.5. The fourth-order valence-corrected chi connectivity index (χ4v) is 3.32. The highest BCUT2D eigenvalue weighted by Crippen LogP contribution is 2.27. The molecule has 23 heavy (non-hydrogen) atoms. The van der Waals surface area contributed by atoms with Crippen molar-refractivity contribution >= 4 is 33.3 Å². The third-order valence-corrected chi connectivity index (χ3v) is 4.58. The van der Waals surface area contributed by atoms with Gasteiger partial charge in [-0.25, -0.2) is 0 Å². The lowest BCUT2D eigenvalue weighted by atomic mass is 10.0. The third-order valence-electron chi connectivity index (χ3n) is 3.65. The molecule has 0 aliphatic rings. The van der Waals surface area contributed by atoms with Gasteiger partial charge in [0, 0.05) is 10.9 Å². The van der Waals surface area contributed by atoms with Crippen molar-refractivity contribution in [3.8, 4) is 0 Å². The number of benzene rings is 1. The van der Waals surface area contributed by atoms with E-state index in [4.69, 9.17) is 10.2 Å². The van der Waals surface area contributed by atoms with Crippen LogP contribution in [-0.4, -0.2) is 16.1 Å². The van der Waals surface area contributed by atoms with E-state index in [1.54, 1.807) is 6.26 Å². The topological polar surface area (TPSA) is 94.0 Å². The summed E-state index contributed by atoms with van der Waals surface area (Å²) >= 11 is 1.27. The number of hydrogen-bond donors (Lipinski definition) is 2. The number of hydrogen-bond acceptors (Lipinski definition) is 6. The van der Waals surface area contributed by atoms with Gasteiger partial charge >= 0.3 is 0 Å². The summed E-state index contributed by atoms with van der Waals surface area (Å²) in [6.07, 6.45) is 1.92. The lowest BCUT2D eigenvalue weighted by molar-refractivity contribution is -0.121. The van der Waals surface area contributed by atoms with Gasteiger partial charge in [0.1, 0.15) is 10.6 Å². The minimum absolute atomic E-state index is 0.0889. The van der Waals surface area contributed by atoms with Gasteiger partial charge in [-0.05, 0) is 38.0 Å². The molecule has 0 spiro atoms. The molecule has 0 aliphatic carbocycles. The van der Waals surface area contributed by atoms with Gasteiger partial charge < -0.3 is 15.5 Å². The number of nitrogens with two attached hydrogens (primary N) is 1. The van der Waals surface area contributed by atoms with Gasteiger partial charge in [-0.3, -0.25) is 4.79 Å². The first kappa shape index (κ1) is 15.5. The Balaban J connectivity index is 1.75. The first-order valence-corrected chi connectivity index (χ1v) is 8.11. The molecule has 0 radical (unpaired) electrons. The molecule has 120 valence electrons. The second-order valence-electron chi connectivity index (χ2n) is 5.66. The molecular weight excluding hydrogens is 312 g/mol. The summed E-state index contributed by atoms with van der Waals surface area (Å²) in [4.78, 5) is 12.3. The van der Waals surface area contributed by atoms with Gasteiger partial charge in [0.2, 0.25) is 11.0 Å². The fourth-order valence-electron chi connectivity index (χ4n) is 2.71.